The average molecular weight is 567 g/mol. The van der Waals surface area contributed by atoms with E-state index in [1.807, 2.05) is 42.5 Å². The SMILES string of the molecule is CCOC(=O)/C=C/COc1ccc(S(=O)(=O)/N=C(\N)N2CC(c3ccccc3)C(c3ccc(Cl)cc3)=N2)cc1. The van der Waals surface area contributed by atoms with Gasteiger partial charge in [0.2, 0.25) is 5.96 Å². The van der Waals surface area contributed by atoms with E-state index in [1.54, 1.807) is 19.1 Å². The normalized spacial score (nSPS) is 15.8. The number of hydrazone groups is 1. The van der Waals surface area contributed by atoms with Crippen molar-refractivity contribution < 1.29 is 22.7 Å². The van der Waals surface area contributed by atoms with E-state index < -0.39 is 16.0 Å². The second kappa shape index (κ2) is 12.6. The van der Waals surface area contributed by atoms with Gasteiger partial charge in [0.25, 0.3) is 10.0 Å². The molecule has 0 spiro atoms. The van der Waals surface area contributed by atoms with Gasteiger partial charge in [-0.3, -0.25) is 0 Å². The predicted octanol–water partition coefficient (Wildman–Crippen LogP) is 4.35. The number of hydrogen-bond donors (Lipinski definition) is 1. The summed E-state index contributed by atoms with van der Waals surface area (Å²) in [6, 6.07) is 22.8. The lowest BCUT2D eigenvalue weighted by Gasteiger charge is -2.15. The molecule has 1 aliphatic rings. The number of hydrogen-bond acceptors (Lipinski definition) is 6. The predicted molar refractivity (Wildman–Crippen MR) is 150 cm³/mol. The van der Waals surface area contributed by atoms with Crippen LogP contribution in [0.25, 0.3) is 0 Å². The molecule has 0 radical (unpaired) electrons. The van der Waals surface area contributed by atoms with Crippen LogP contribution >= 0.6 is 11.6 Å². The highest BCUT2D eigenvalue weighted by atomic mass is 35.5. The monoisotopic (exact) mass is 566 g/mol. The number of benzene rings is 3. The minimum absolute atomic E-state index is 0.0550. The van der Waals surface area contributed by atoms with Crippen LogP contribution in [0.3, 0.4) is 0 Å². The Balaban J connectivity index is 1.50. The van der Waals surface area contributed by atoms with Crippen molar-refractivity contribution in [2.24, 2.45) is 15.2 Å². The molecule has 202 valence electrons. The molecule has 0 bridgehead atoms. The smallest absolute Gasteiger partial charge is 0.330 e. The third-order valence-electron chi connectivity index (χ3n) is 5.74. The molecule has 4 rings (SSSR count). The molecule has 0 amide bonds. The number of sulfonamides is 1. The summed E-state index contributed by atoms with van der Waals surface area (Å²) in [5.74, 6) is -0.444. The average Bonchev–Trinajstić information content (AvgIpc) is 3.38. The van der Waals surface area contributed by atoms with Gasteiger partial charge in [-0.2, -0.15) is 13.5 Å². The van der Waals surface area contributed by atoms with Crippen LogP contribution in [-0.2, 0) is 19.6 Å². The Morgan fingerprint density at radius 3 is 2.46 bits per heavy atom. The van der Waals surface area contributed by atoms with E-state index in [4.69, 9.17) is 26.8 Å². The van der Waals surface area contributed by atoms with Gasteiger partial charge >= 0.3 is 5.97 Å². The topological polar surface area (TPSA) is 124 Å². The Hall–Kier alpha value is -4.15. The van der Waals surface area contributed by atoms with Crippen LogP contribution in [-0.4, -0.2) is 50.8 Å². The van der Waals surface area contributed by atoms with E-state index in [1.165, 1.54) is 41.4 Å². The molecule has 1 unspecified atom stereocenters. The minimum atomic E-state index is -4.12. The first-order valence-corrected chi connectivity index (χ1v) is 13.9. The molecular weight excluding hydrogens is 540 g/mol. The summed E-state index contributed by atoms with van der Waals surface area (Å²) < 4.78 is 40.1. The van der Waals surface area contributed by atoms with Crippen molar-refractivity contribution in [3.05, 3.63) is 107 Å². The largest absolute Gasteiger partial charge is 0.490 e. The van der Waals surface area contributed by atoms with Crippen LogP contribution in [0.1, 0.15) is 24.0 Å². The van der Waals surface area contributed by atoms with Gasteiger partial charge in [0, 0.05) is 17.0 Å². The molecule has 1 heterocycles. The van der Waals surface area contributed by atoms with Crippen LogP contribution in [0, 0.1) is 0 Å². The first-order chi connectivity index (χ1) is 18.8. The van der Waals surface area contributed by atoms with E-state index in [0.717, 1.165) is 16.8 Å². The third-order valence-corrected chi connectivity index (χ3v) is 7.29. The summed E-state index contributed by atoms with van der Waals surface area (Å²) in [6.45, 7) is 2.43. The maximum atomic E-state index is 13.0. The van der Waals surface area contributed by atoms with Gasteiger partial charge in [-0.1, -0.05) is 54.1 Å². The Kier molecular flexibility index (Phi) is 9.00. The first kappa shape index (κ1) is 27.9. The highest BCUT2D eigenvalue weighted by molar-refractivity contribution is 7.90. The maximum Gasteiger partial charge on any atom is 0.330 e. The molecular formula is C28H27ClN4O5S. The van der Waals surface area contributed by atoms with Crippen LogP contribution in [0.4, 0.5) is 0 Å². The number of esters is 1. The number of ether oxygens (including phenoxy) is 2. The molecule has 9 nitrogen and oxygen atoms in total. The molecule has 11 heteroatoms. The summed E-state index contributed by atoms with van der Waals surface area (Å²) in [5, 5.41) is 6.63. The lowest BCUT2D eigenvalue weighted by Crippen LogP contribution is -2.33. The molecule has 3 aromatic rings. The number of nitrogens with two attached hydrogens (primary N) is 1. The van der Waals surface area contributed by atoms with E-state index in [0.29, 0.717) is 17.3 Å². The highest BCUT2D eigenvalue weighted by Crippen LogP contribution is 2.29. The van der Waals surface area contributed by atoms with Gasteiger partial charge in [0.1, 0.15) is 12.4 Å². The summed E-state index contributed by atoms with van der Waals surface area (Å²) >= 11 is 6.06. The number of carbonyl (C=O) groups is 1. The van der Waals surface area contributed by atoms with Crippen molar-refractivity contribution in [2.45, 2.75) is 17.7 Å². The minimum Gasteiger partial charge on any atom is -0.490 e. The van der Waals surface area contributed by atoms with Crippen molar-refractivity contribution in [1.82, 2.24) is 5.01 Å². The van der Waals surface area contributed by atoms with Gasteiger partial charge in [0.15, 0.2) is 0 Å². The molecule has 0 aromatic heterocycles. The van der Waals surface area contributed by atoms with Crippen LogP contribution in [0.5, 0.6) is 5.75 Å². The Morgan fingerprint density at radius 2 is 1.79 bits per heavy atom. The quantitative estimate of drug-likeness (QED) is 0.177. The van der Waals surface area contributed by atoms with Gasteiger partial charge in [0.05, 0.1) is 23.8 Å². The van der Waals surface area contributed by atoms with E-state index in [2.05, 4.69) is 9.50 Å². The zero-order chi connectivity index (χ0) is 27.8. The maximum absolute atomic E-state index is 13.0. The molecule has 1 aliphatic heterocycles. The van der Waals surface area contributed by atoms with Gasteiger partial charge < -0.3 is 15.2 Å². The van der Waals surface area contributed by atoms with Crippen molar-refractivity contribution >= 4 is 39.3 Å². The highest BCUT2D eigenvalue weighted by Gasteiger charge is 2.31. The molecule has 0 saturated carbocycles. The fourth-order valence-electron chi connectivity index (χ4n) is 3.88. The Morgan fingerprint density at radius 1 is 1.10 bits per heavy atom. The fourth-order valence-corrected chi connectivity index (χ4v) is 4.93. The molecule has 0 saturated heterocycles. The summed E-state index contributed by atoms with van der Waals surface area (Å²) in [6.07, 6.45) is 2.77. The second-order valence-corrected chi connectivity index (χ2v) is 10.4. The van der Waals surface area contributed by atoms with Crippen molar-refractivity contribution in [3.63, 3.8) is 0 Å². The number of rotatable bonds is 9. The third kappa shape index (κ3) is 7.24. The van der Waals surface area contributed by atoms with Crippen molar-refractivity contribution in [2.75, 3.05) is 19.8 Å². The molecule has 39 heavy (non-hydrogen) atoms. The Bertz CT molecular complexity index is 1490. The van der Waals surface area contributed by atoms with Crippen molar-refractivity contribution in [1.29, 1.82) is 0 Å². The molecule has 0 aliphatic carbocycles. The van der Waals surface area contributed by atoms with E-state index >= 15 is 0 Å². The summed E-state index contributed by atoms with van der Waals surface area (Å²) in [7, 11) is -4.12. The van der Waals surface area contributed by atoms with Crippen molar-refractivity contribution in [3.8, 4) is 5.75 Å². The number of nitrogens with zero attached hydrogens (tertiary/aromatic N) is 3. The lowest BCUT2D eigenvalue weighted by atomic mass is 9.91. The standard InChI is InChI=1S/C28H27ClN4O5S/c1-2-37-26(34)9-6-18-38-23-14-16-24(17-15-23)39(35,36)32-28(30)33-19-25(20-7-4-3-5-8-20)27(31-33)21-10-12-22(29)13-11-21/h3-17,25H,2,18-19H2,1H3,(H2,30,32)/b9-6+. The first-order valence-electron chi connectivity index (χ1n) is 12.1. The number of halogens is 1. The lowest BCUT2D eigenvalue weighted by molar-refractivity contribution is -0.137. The van der Waals surface area contributed by atoms with Gasteiger partial charge in [-0.15, -0.1) is 4.40 Å². The fraction of sp³-hybridized carbons (Fsp3) is 0.179. The zero-order valence-corrected chi connectivity index (χ0v) is 22.7. The summed E-state index contributed by atoms with van der Waals surface area (Å²) in [5.41, 5.74) is 8.75. The van der Waals surface area contributed by atoms with E-state index in [-0.39, 0.29) is 30.0 Å². The van der Waals surface area contributed by atoms with Gasteiger partial charge in [-0.05, 0) is 60.5 Å². The van der Waals surface area contributed by atoms with Crippen LogP contribution < -0.4 is 10.5 Å². The van der Waals surface area contributed by atoms with Crippen LogP contribution in [0.15, 0.2) is 105 Å². The Labute approximate surface area is 232 Å². The molecule has 0 fully saturated rings. The summed E-state index contributed by atoms with van der Waals surface area (Å²) in [4.78, 5) is 11.3. The van der Waals surface area contributed by atoms with Crippen LogP contribution in [0.2, 0.25) is 5.02 Å². The molecule has 1 atom stereocenters. The zero-order valence-electron chi connectivity index (χ0n) is 21.1. The van der Waals surface area contributed by atoms with Gasteiger partial charge in [-0.25, -0.2) is 9.80 Å². The van der Waals surface area contributed by atoms with E-state index in [9.17, 15) is 13.2 Å². The second-order valence-electron chi connectivity index (χ2n) is 8.40. The number of carbonyl (C=O) groups excluding carboxylic acids is 1. The molecule has 3 aromatic carbocycles. The molecule has 2 N–H and O–H groups in total. The number of guanidine groups is 1.